The number of aromatic amines is 4. The molecule has 0 aromatic carbocycles. The SMILES string of the molecule is CC[C@H]1O[C@@H](n2cc(C)c(=O)[nH]c2=O)C[C@H]1OP(=O)([S-])OC[C@H]1O[C@@H](n2cnc3c(=O)[nH]c(N)nc32)C[C@H]1OP([O-])(=S)OC[C@H]1O[C@@H](n2cnc3c(=O)[nH]c(N)nc32)C[C@H]1OP([O-])(=S)OC[C@H]1O[C@@H](n2cnc3c(N)ncnc32)C[C@H]1OP([O-])(=S)OC[C@H]1O[C@@H](n2cnc3c(N)ncnc32)C[C@H]1OP([O-])(=S)OC[C@H]1O[C@@H](n2cc(C)c(=O)[nH]c2=O)C[C@H]1OP([O-])(=S)OC. The number of nitrogens with one attached hydrogen (secondary N) is 4. The molecular formula is C62H74N24O30P6S6-6. The summed E-state index contributed by atoms with van der Waals surface area (Å²) in [6.45, 7) is -27.6. The fourth-order valence-electron chi connectivity index (χ4n) is 15.1. The van der Waals surface area contributed by atoms with E-state index in [1.54, 1.807) is 6.92 Å². The Morgan fingerprint density at radius 1 is 0.406 bits per heavy atom. The number of rotatable bonds is 35. The first-order valence-corrected chi connectivity index (χ1v) is 53.5. The van der Waals surface area contributed by atoms with Crippen LogP contribution in [0.3, 0.4) is 0 Å². The predicted molar refractivity (Wildman–Crippen MR) is 451 cm³/mol. The average Bonchev–Trinajstić information content (AvgIpc) is 1.59. The van der Waals surface area contributed by atoms with E-state index >= 15 is 4.89 Å². The van der Waals surface area contributed by atoms with Gasteiger partial charge in [-0.1, -0.05) is 66.0 Å². The summed E-state index contributed by atoms with van der Waals surface area (Å²) in [5.74, 6) is -0.638. The van der Waals surface area contributed by atoms with E-state index in [0.29, 0.717) is 0 Å². The van der Waals surface area contributed by atoms with Crippen LogP contribution in [0.25, 0.3) is 44.7 Å². The molecule has 66 heteroatoms. The maximum absolute atomic E-state index is 15.0. The summed E-state index contributed by atoms with van der Waals surface area (Å²) >= 11 is 32.6. The van der Waals surface area contributed by atoms with Gasteiger partial charge in [0.2, 0.25) is 11.9 Å². The summed E-state index contributed by atoms with van der Waals surface area (Å²) in [7, 11) is 1.04. The number of fused-ring (bicyclic) bond motifs is 4. The van der Waals surface area contributed by atoms with Gasteiger partial charge in [0.1, 0.15) is 125 Å². The van der Waals surface area contributed by atoms with Gasteiger partial charge in [0.05, 0.1) is 101 Å². The predicted octanol–water partition coefficient (Wildman–Crippen LogP) is -2.27. The largest absolute Gasteiger partial charge is 0.780 e. The Morgan fingerprint density at radius 3 is 1.02 bits per heavy atom. The van der Waals surface area contributed by atoms with Crippen molar-refractivity contribution in [3.63, 3.8) is 0 Å². The van der Waals surface area contributed by atoms with E-state index in [-0.39, 0.29) is 124 Å². The molecule has 10 aromatic rings. The highest BCUT2D eigenvalue weighted by Crippen LogP contribution is 2.56. The second kappa shape index (κ2) is 37.6. The molecule has 6 aliphatic rings. The molecule has 10 aromatic heterocycles. The van der Waals surface area contributed by atoms with Crippen LogP contribution >= 0.6 is 40.4 Å². The number of H-pyrrole nitrogens is 4. The Labute approximate surface area is 747 Å². The van der Waals surface area contributed by atoms with Gasteiger partial charge < -0.3 is 142 Å². The number of ether oxygens (including phenoxy) is 6. The lowest BCUT2D eigenvalue weighted by Crippen LogP contribution is -2.34. The Bertz CT molecular complexity index is 6610. The molecule has 0 bridgehead atoms. The molecule has 6 saturated heterocycles. The minimum atomic E-state index is -4.96. The number of aromatic nitrogens is 20. The number of nitrogens with zero attached hydrogens (tertiary/aromatic N) is 16. The minimum Gasteiger partial charge on any atom is -0.780 e. The van der Waals surface area contributed by atoms with Crippen molar-refractivity contribution in [2.45, 2.75) is 176 Å². The van der Waals surface area contributed by atoms with E-state index in [0.717, 1.165) is 22.6 Å². The number of nitrogen functional groups attached to an aromatic ring is 4. The van der Waals surface area contributed by atoms with E-state index in [4.69, 9.17) is 177 Å². The van der Waals surface area contributed by atoms with Crippen LogP contribution < -0.4 is 81.0 Å². The Kier molecular flexibility index (Phi) is 27.8. The summed E-state index contributed by atoms with van der Waals surface area (Å²) in [6, 6.07) is 0. The lowest BCUT2D eigenvalue weighted by Gasteiger charge is -2.36. The van der Waals surface area contributed by atoms with E-state index in [9.17, 15) is 52.9 Å². The molecule has 6 aliphatic heterocycles. The normalized spacial score (nSPS) is 29.1. The number of hydrogen-bond donors (Lipinski definition) is 8. The Morgan fingerprint density at radius 2 is 0.695 bits per heavy atom. The molecule has 0 amide bonds. The van der Waals surface area contributed by atoms with Gasteiger partial charge in [0.25, 0.3) is 22.2 Å². The van der Waals surface area contributed by atoms with Crippen molar-refractivity contribution >= 4 is 180 Å². The standard InChI is InChI=1S/C62H80N24O30P6S6/c1-5-27-28(6-39(105-27)81-12-25(2)55(87)79-61(81)91)112-118(94,124)100-17-37-32(10-43(109-37)85-23-73-47-53(85)75-59(65)77-57(47)89)115-122(98,128)104-18-38-33(11-44(110-38)86-24-74-48-54(86)76-60(66)78-58(48)90)116-121(97,127)103-16-36-31(9-42(108-36)84-22-72-46-50(64)68-20-70-52(46)84)114-120(96,126)102-15-35-30(8-41(107-35)83-21-71-45-49(63)67-19-69-51(45)83)113-119(95,125)101-14-34-29(111-117(93,123)99-4)7-40(106-34)82-13-26(3)56(88)80-62(82)92/h12-13,19-24,27-44H,5-11,14-18H2,1-4H3,(H,93,123)(H,94,124)(H,95,125)(H,96,126)(H,97,127)(H,98,128)(H2,63,67,69)(H2,64,68,70)(H,79,87,91)(H,80,88,92)(H3,65,75,77,89)(H3,66,76,78,90)/p-6/t27-,28-,29-,30-,31-,32-,33-,34-,35-,36-,37-,38-,39-,40-,41-,42-,43-,44-,117?,118?,119?,120?,121?,122?/m1/s1. The lowest BCUT2D eigenvalue weighted by atomic mass is 10.1. The molecule has 0 saturated carbocycles. The highest BCUT2D eigenvalue weighted by Gasteiger charge is 2.48. The third-order valence-corrected chi connectivity index (χ3v) is 30.6. The summed E-state index contributed by atoms with van der Waals surface area (Å²) < 4.78 is 130. The Hall–Kier alpha value is -6.73. The summed E-state index contributed by atoms with van der Waals surface area (Å²) in [5.41, 5.74) is 20.3. The van der Waals surface area contributed by atoms with Gasteiger partial charge >= 0.3 is 11.4 Å². The van der Waals surface area contributed by atoms with Crippen molar-refractivity contribution in [3.05, 3.63) is 124 Å². The molecule has 6 fully saturated rings. The molecule has 128 heavy (non-hydrogen) atoms. The smallest absolute Gasteiger partial charge is 0.330 e. The second-order valence-electron chi connectivity index (χ2n) is 29.5. The molecule has 12 N–H and O–H groups in total. The fraction of sp³-hybridized carbons (Fsp3) is 0.548. The van der Waals surface area contributed by atoms with Crippen molar-refractivity contribution in [2.24, 2.45) is 0 Å². The minimum absolute atomic E-state index is 0.000309. The van der Waals surface area contributed by atoms with Crippen LogP contribution in [-0.2, 0) is 159 Å². The van der Waals surface area contributed by atoms with E-state index in [2.05, 4.69) is 69.8 Å². The fourth-order valence-corrected chi connectivity index (χ4v) is 23.3. The molecule has 16 heterocycles. The third kappa shape index (κ3) is 20.9. The number of hydrogen-bond acceptors (Lipinski definition) is 50. The molecule has 694 valence electrons. The highest BCUT2D eigenvalue weighted by atomic mass is 32.7. The van der Waals surface area contributed by atoms with Gasteiger partial charge in [0, 0.05) is 69.2 Å². The molecule has 54 nitrogen and oxygen atoms in total. The zero-order valence-corrected chi connectivity index (χ0v) is 76.6. The monoisotopic (exact) mass is 2010 g/mol. The van der Waals surface area contributed by atoms with Crippen molar-refractivity contribution in [1.29, 1.82) is 0 Å². The van der Waals surface area contributed by atoms with Crippen LogP contribution in [0.2, 0.25) is 0 Å². The Balaban J connectivity index is 0.623. The van der Waals surface area contributed by atoms with Gasteiger partial charge in [0.15, 0.2) is 52.1 Å². The first-order valence-electron chi connectivity index (χ1n) is 38.2. The molecule has 6 unspecified atom stereocenters. The van der Waals surface area contributed by atoms with Crippen LogP contribution in [0.4, 0.5) is 23.5 Å². The first kappa shape index (κ1) is 94.5. The molecule has 16 rings (SSSR count). The highest BCUT2D eigenvalue weighted by molar-refractivity contribution is 8.32. The van der Waals surface area contributed by atoms with E-state index in [1.807, 2.05) is 0 Å². The van der Waals surface area contributed by atoms with Crippen LogP contribution in [0.5, 0.6) is 0 Å². The maximum atomic E-state index is 15.0. The van der Waals surface area contributed by atoms with Crippen molar-refractivity contribution in [2.75, 3.05) is 63.1 Å². The molecule has 0 aliphatic carbocycles. The van der Waals surface area contributed by atoms with E-state index in [1.165, 1.54) is 76.1 Å². The molecule has 0 spiro atoms. The van der Waals surface area contributed by atoms with E-state index < -0.39 is 218 Å². The van der Waals surface area contributed by atoms with Crippen LogP contribution in [0.1, 0.15) is 100 Å². The number of imidazole rings is 4. The topological polar surface area (TPSA) is 727 Å². The lowest BCUT2D eigenvalue weighted by molar-refractivity contribution is -0.220. The number of aryl methyl sites for hydroxylation is 2. The van der Waals surface area contributed by atoms with Gasteiger partial charge in [-0.3, -0.25) is 71.1 Å². The van der Waals surface area contributed by atoms with Gasteiger partial charge in [-0.2, -0.15) is 9.97 Å². The second-order valence-corrected chi connectivity index (χ2v) is 45.8. The molecular weight excluding hydrogens is 1940 g/mol. The average molecular weight is 2010 g/mol. The van der Waals surface area contributed by atoms with Crippen LogP contribution in [-0.4, -0.2) is 211 Å². The van der Waals surface area contributed by atoms with Gasteiger partial charge in [-0.05, 0) is 20.3 Å². The maximum Gasteiger partial charge on any atom is 0.330 e. The number of anilines is 4. The summed E-state index contributed by atoms with van der Waals surface area (Å²) in [5, 5.41) is 0. The van der Waals surface area contributed by atoms with Crippen molar-refractivity contribution < 1.29 is 112 Å². The van der Waals surface area contributed by atoms with Crippen molar-refractivity contribution in [3.8, 4) is 0 Å². The molecule has 24 atom stereocenters. The zero-order chi connectivity index (χ0) is 91.2. The quantitative estimate of drug-likeness (QED) is 0.0153. The summed E-state index contributed by atoms with van der Waals surface area (Å²) in [6.07, 6.45) is -14.4. The van der Waals surface area contributed by atoms with Crippen LogP contribution in [0, 0.1) is 13.8 Å². The zero-order valence-electron chi connectivity index (χ0n) is 66.3. The van der Waals surface area contributed by atoms with Crippen molar-refractivity contribution in [1.82, 2.24) is 97.2 Å². The third-order valence-electron chi connectivity index (χ3n) is 21.1. The summed E-state index contributed by atoms with van der Waals surface area (Å²) in [4.78, 5) is 200. The van der Waals surface area contributed by atoms with Gasteiger partial charge in [-0.15, -0.1) is 0 Å². The number of nitrogens with two attached hydrogens (primary N) is 4. The van der Waals surface area contributed by atoms with Gasteiger partial charge in [-0.25, -0.2) is 49.5 Å². The first-order chi connectivity index (χ1) is 60.5. The molecule has 0 radical (unpaired) electrons. The van der Waals surface area contributed by atoms with Crippen LogP contribution in [0.15, 0.2) is 79.1 Å².